The molecule has 0 aliphatic carbocycles. The Morgan fingerprint density at radius 1 is 1.07 bits per heavy atom. The second-order valence-corrected chi connectivity index (χ2v) is 9.53. The van der Waals surface area contributed by atoms with Crippen LogP contribution in [-0.4, -0.2) is 18.2 Å². The monoisotopic (exact) mass is 443 g/mol. The molecule has 0 aliphatic rings. The maximum atomic E-state index is 13.2. The highest BCUT2D eigenvalue weighted by Gasteiger charge is 2.25. The molecule has 0 aliphatic heterocycles. The van der Waals surface area contributed by atoms with Gasteiger partial charge in [-0.05, 0) is 41.6 Å². The van der Waals surface area contributed by atoms with Gasteiger partial charge in [0, 0.05) is 11.2 Å². The number of benzene rings is 2. The zero-order valence-corrected chi connectivity index (χ0v) is 17.9. The molecule has 0 amide bonds. The molecule has 4 rings (SSSR count). The van der Waals surface area contributed by atoms with Crippen LogP contribution in [0.15, 0.2) is 77.1 Å². The first-order valence-electron chi connectivity index (χ1n) is 8.87. The molecule has 0 saturated heterocycles. The summed E-state index contributed by atoms with van der Waals surface area (Å²) in [5.74, 6) is 0. The van der Waals surface area contributed by atoms with Crippen molar-refractivity contribution in [3.8, 4) is 10.6 Å². The average Bonchev–Trinajstić information content (AvgIpc) is 3.36. The van der Waals surface area contributed by atoms with Gasteiger partial charge in [-0.3, -0.25) is 9.40 Å². The number of rotatable bonds is 6. The second-order valence-electron chi connectivity index (χ2n) is 6.52. The minimum Gasteiger partial charge on any atom is -0.279 e. The van der Waals surface area contributed by atoms with E-state index in [4.69, 9.17) is 11.6 Å². The summed E-state index contributed by atoms with van der Waals surface area (Å²) in [5, 5.41) is 6.98. The number of nitrogens with one attached hydrogen (secondary N) is 1. The largest absolute Gasteiger partial charge is 0.279 e. The van der Waals surface area contributed by atoms with Crippen LogP contribution >= 0.6 is 22.9 Å². The fraction of sp³-hybridized carbons (Fsp3) is 0.0952. The number of aromatic nitrogens is 2. The normalized spacial score (nSPS) is 11.5. The zero-order valence-electron chi connectivity index (χ0n) is 15.5. The van der Waals surface area contributed by atoms with Crippen LogP contribution in [-0.2, 0) is 16.6 Å². The van der Waals surface area contributed by atoms with E-state index < -0.39 is 10.0 Å². The number of nitrogens with zero attached hydrogens (tertiary/aromatic N) is 2. The number of anilines is 1. The van der Waals surface area contributed by atoms with E-state index >= 15 is 0 Å². The van der Waals surface area contributed by atoms with Crippen molar-refractivity contribution in [3.63, 3.8) is 0 Å². The first-order chi connectivity index (χ1) is 13.9. The molecule has 0 bridgehead atoms. The zero-order chi connectivity index (χ0) is 20.4. The minimum absolute atomic E-state index is 0.134. The van der Waals surface area contributed by atoms with Crippen molar-refractivity contribution in [2.75, 3.05) is 4.72 Å². The summed E-state index contributed by atoms with van der Waals surface area (Å²) < 4.78 is 30.8. The Kier molecular flexibility index (Phi) is 5.45. The predicted molar refractivity (Wildman–Crippen MR) is 118 cm³/mol. The van der Waals surface area contributed by atoms with Gasteiger partial charge in [0.15, 0.2) is 0 Å². The molecule has 2 aromatic carbocycles. The summed E-state index contributed by atoms with van der Waals surface area (Å²) in [6.45, 7) is 2.25. The van der Waals surface area contributed by atoms with Crippen molar-refractivity contribution in [1.29, 1.82) is 0 Å². The Hall–Kier alpha value is -2.61. The topological polar surface area (TPSA) is 64.0 Å². The molecule has 0 saturated carbocycles. The van der Waals surface area contributed by atoms with Gasteiger partial charge >= 0.3 is 0 Å². The lowest BCUT2D eigenvalue weighted by molar-refractivity contribution is 0.601. The highest BCUT2D eigenvalue weighted by Crippen LogP contribution is 2.32. The van der Waals surface area contributed by atoms with E-state index in [1.807, 2.05) is 47.8 Å². The van der Waals surface area contributed by atoms with Gasteiger partial charge in [0.1, 0.15) is 10.6 Å². The summed E-state index contributed by atoms with van der Waals surface area (Å²) >= 11 is 7.59. The molecule has 5 nitrogen and oxygen atoms in total. The first kappa shape index (κ1) is 19.7. The van der Waals surface area contributed by atoms with Crippen LogP contribution in [0, 0.1) is 6.92 Å². The van der Waals surface area contributed by atoms with E-state index in [0.29, 0.717) is 28.5 Å². The third-order valence-corrected chi connectivity index (χ3v) is 7.12. The third-order valence-electron chi connectivity index (χ3n) is 4.47. The van der Waals surface area contributed by atoms with Crippen molar-refractivity contribution in [2.24, 2.45) is 0 Å². The van der Waals surface area contributed by atoms with Crippen LogP contribution in [0.3, 0.4) is 0 Å². The summed E-state index contributed by atoms with van der Waals surface area (Å²) in [7, 11) is -3.87. The quantitative estimate of drug-likeness (QED) is 0.432. The van der Waals surface area contributed by atoms with Crippen LogP contribution < -0.4 is 4.72 Å². The van der Waals surface area contributed by atoms with Gasteiger partial charge < -0.3 is 0 Å². The van der Waals surface area contributed by atoms with E-state index in [2.05, 4.69) is 9.82 Å². The molecule has 0 atom stereocenters. The van der Waals surface area contributed by atoms with Gasteiger partial charge in [0.2, 0.25) is 0 Å². The maximum Gasteiger partial charge on any atom is 0.265 e. The van der Waals surface area contributed by atoms with Crippen molar-refractivity contribution >= 4 is 38.6 Å². The Balaban J connectivity index is 1.75. The van der Waals surface area contributed by atoms with Gasteiger partial charge in [-0.1, -0.05) is 54.1 Å². The van der Waals surface area contributed by atoms with E-state index in [1.54, 1.807) is 36.0 Å². The lowest BCUT2D eigenvalue weighted by atomic mass is 10.2. The summed E-state index contributed by atoms with van der Waals surface area (Å²) in [6.07, 6.45) is 1.57. The molecule has 1 N–H and O–H groups in total. The SMILES string of the molecule is Cc1c(Cl)cccc1NS(=O)(=O)c1cn(Cc2ccccc2)nc1-c1cccs1. The van der Waals surface area contributed by atoms with E-state index in [-0.39, 0.29) is 4.90 Å². The Morgan fingerprint density at radius 3 is 2.59 bits per heavy atom. The molecule has 0 spiro atoms. The van der Waals surface area contributed by atoms with Gasteiger partial charge in [0.25, 0.3) is 10.0 Å². The number of hydrogen-bond acceptors (Lipinski definition) is 4. The fourth-order valence-corrected chi connectivity index (χ4v) is 5.20. The summed E-state index contributed by atoms with van der Waals surface area (Å²) in [6, 6.07) is 18.7. The molecular weight excluding hydrogens is 426 g/mol. The van der Waals surface area contributed by atoms with Crippen molar-refractivity contribution in [3.05, 3.63) is 88.4 Å². The number of sulfonamides is 1. The Labute approximate surface area is 178 Å². The van der Waals surface area contributed by atoms with Gasteiger partial charge in [-0.2, -0.15) is 5.10 Å². The van der Waals surface area contributed by atoms with Crippen molar-refractivity contribution in [2.45, 2.75) is 18.4 Å². The van der Waals surface area contributed by atoms with Gasteiger partial charge in [-0.15, -0.1) is 11.3 Å². The van der Waals surface area contributed by atoms with Crippen molar-refractivity contribution < 1.29 is 8.42 Å². The lowest BCUT2D eigenvalue weighted by Crippen LogP contribution is -2.14. The van der Waals surface area contributed by atoms with Gasteiger partial charge in [-0.25, -0.2) is 8.42 Å². The Bertz CT molecular complexity index is 1230. The minimum atomic E-state index is -3.87. The summed E-state index contributed by atoms with van der Waals surface area (Å²) in [5.41, 5.74) is 2.59. The highest BCUT2D eigenvalue weighted by molar-refractivity contribution is 7.92. The third kappa shape index (κ3) is 4.22. The van der Waals surface area contributed by atoms with Crippen LogP contribution in [0.25, 0.3) is 10.6 Å². The van der Waals surface area contributed by atoms with Crippen LogP contribution in [0.1, 0.15) is 11.1 Å². The standard InChI is InChI=1S/C21H18ClN3O2S2/c1-15-17(22)9-5-10-18(15)24-29(26,27)20-14-25(13-16-7-3-2-4-8-16)23-21(20)19-11-6-12-28-19/h2-12,14,24H,13H2,1H3. The molecule has 2 aromatic heterocycles. The molecular formula is C21H18ClN3O2S2. The van der Waals surface area contributed by atoms with Crippen molar-refractivity contribution in [1.82, 2.24) is 9.78 Å². The van der Waals surface area contributed by atoms with Crippen LogP contribution in [0.4, 0.5) is 5.69 Å². The molecule has 4 aromatic rings. The maximum absolute atomic E-state index is 13.2. The smallest absolute Gasteiger partial charge is 0.265 e. The van der Waals surface area contributed by atoms with Gasteiger partial charge in [0.05, 0.1) is 17.1 Å². The predicted octanol–water partition coefficient (Wildman–Crippen LogP) is 5.42. The summed E-state index contributed by atoms with van der Waals surface area (Å²) in [4.78, 5) is 0.926. The molecule has 29 heavy (non-hydrogen) atoms. The second kappa shape index (κ2) is 8.02. The lowest BCUT2D eigenvalue weighted by Gasteiger charge is -2.11. The Morgan fingerprint density at radius 2 is 1.86 bits per heavy atom. The number of hydrogen-bond donors (Lipinski definition) is 1. The highest BCUT2D eigenvalue weighted by atomic mass is 35.5. The molecule has 148 valence electrons. The number of halogens is 1. The number of thiophene rings is 1. The molecule has 2 heterocycles. The fourth-order valence-electron chi connectivity index (χ4n) is 2.95. The molecule has 0 radical (unpaired) electrons. The van der Waals surface area contributed by atoms with E-state index in [9.17, 15) is 8.42 Å². The molecule has 0 fully saturated rings. The van der Waals surface area contributed by atoms with Crippen LogP contribution in [0.5, 0.6) is 0 Å². The average molecular weight is 444 g/mol. The van der Waals surface area contributed by atoms with E-state index in [0.717, 1.165) is 10.4 Å². The van der Waals surface area contributed by atoms with Crippen LogP contribution in [0.2, 0.25) is 5.02 Å². The molecule has 0 unspecified atom stereocenters. The molecule has 8 heteroatoms. The van der Waals surface area contributed by atoms with E-state index in [1.165, 1.54) is 11.3 Å². The first-order valence-corrected chi connectivity index (χ1v) is 11.6.